The van der Waals surface area contributed by atoms with Crippen molar-refractivity contribution in [3.8, 4) is 20.3 Å². The fourth-order valence-corrected chi connectivity index (χ4v) is 5.54. The monoisotopic (exact) mass is 470 g/mol. The van der Waals surface area contributed by atoms with Crippen LogP contribution >= 0.6 is 34.3 Å². The zero-order chi connectivity index (χ0) is 21.6. The molecule has 4 aromatic rings. The van der Waals surface area contributed by atoms with Gasteiger partial charge in [-0.25, -0.2) is 9.97 Å². The number of fused-ring (bicyclic) bond motifs is 1. The van der Waals surface area contributed by atoms with Crippen LogP contribution < -0.4 is 5.32 Å². The number of hydrogen-bond acceptors (Lipinski definition) is 6. The predicted molar refractivity (Wildman–Crippen MR) is 137 cm³/mol. The number of aromatic nitrogens is 2. The molecular weight excluding hydrogens is 444 g/mol. The molecule has 1 N–H and O–H groups in total. The van der Waals surface area contributed by atoms with Gasteiger partial charge in [-0.05, 0) is 74.3 Å². The van der Waals surface area contributed by atoms with E-state index in [1.165, 1.54) is 16.2 Å². The lowest BCUT2D eigenvalue weighted by molar-refractivity contribution is 0.298. The molecular formula is C24H27ClN4S2. The Labute approximate surface area is 196 Å². The predicted octanol–water partition coefficient (Wildman–Crippen LogP) is 7.27. The van der Waals surface area contributed by atoms with Crippen molar-refractivity contribution in [1.29, 1.82) is 0 Å². The van der Waals surface area contributed by atoms with Crippen molar-refractivity contribution in [2.75, 3.05) is 31.5 Å². The Kier molecular flexibility index (Phi) is 7.56. The molecule has 0 aliphatic heterocycles. The van der Waals surface area contributed by atoms with Crippen LogP contribution in [0.15, 0.2) is 47.8 Å². The fraction of sp³-hybridized carbons (Fsp3) is 0.333. The number of hydrogen-bond donors (Lipinski definition) is 1. The first-order valence-corrected chi connectivity index (χ1v) is 12.8. The van der Waals surface area contributed by atoms with Gasteiger partial charge in [0, 0.05) is 21.3 Å². The molecule has 7 heteroatoms. The van der Waals surface area contributed by atoms with Gasteiger partial charge < -0.3 is 10.2 Å². The summed E-state index contributed by atoms with van der Waals surface area (Å²) < 4.78 is 0. The van der Waals surface area contributed by atoms with Gasteiger partial charge in [0.15, 0.2) is 5.82 Å². The van der Waals surface area contributed by atoms with Gasteiger partial charge in [0.2, 0.25) is 0 Å². The molecule has 3 aromatic heterocycles. The van der Waals surface area contributed by atoms with Crippen LogP contribution in [0.25, 0.3) is 31.4 Å². The molecule has 4 nitrogen and oxygen atoms in total. The first-order chi connectivity index (χ1) is 15.2. The Morgan fingerprint density at radius 3 is 2.55 bits per heavy atom. The number of thiophene rings is 2. The number of anilines is 1. The minimum atomic E-state index is 0.677. The highest BCUT2D eigenvalue weighted by atomic mass is 35.5. The molecule has 0 fully saturated rings. The third-order valence-corrected chi connectivity index (χ3v) is 7.71. The van der Waals surface area contributed by atoms with Crippen LogP contribution in [0.5, 0.6) is 0 Å². The average molecular weight is 471 g/mol. The number of nitrogens with zero attached hydrogens (tertiary/aromatic N) is 3. The van der Waals surface area contributed by atoms with Gasteiger partial charge in [-0.1, -0.05) is 31.5 Å². The maximum Gasteiger partial charge on any atom is 0.154 e. The summed E-state index contributed by atoms with van der Waals surface area (Å²) in [6.07, 6.45) is 2.26. The van der Waals surface area contributed by atoms with E-state index in [4.69, 9.17) is 21.6 Å². The number of unbranched alkanes of at least 4 members (excludes halogenated alkanes) is 1. The van der Waals surface area contributed by atoms with Crippen LogP contribution in [0.1, 0.15) is 26.7 Å². The van der Waals surface area contributed by atoms with Crippen LogP contribution in [0.3, 0.4) is 0 Å². The van der Waals surface area contributed by atoms with Crippen molar-refractivity contribution in [1.82, 2.24) is 14.9 Å². The fourth-order valence-electron chi connectivity index (χ4n) is 3.55. The Balaban J connectivity index is 1.57. The second-order valence-electron chi connectivity index (χ2n) is 7.36. The molecule has 0 aliphatic rings. The molecule has 4 rings (SSSR count). The van der Waals surface area contributed by atoms with Gasteiger partial charge in [0.05, 0.1) is 15.9 Å². The summed E-state index contributed by atoms with van der Waals surface area (Å²) in [5.41, 5.74) is 2.58. The van der Waals surface area contributed by atoms with Gasteiger partial charge in [0.25, 0.3) is 0 Å². The molecule has 0 spiro atoms. The largest absolute Gasteiger partial charge is 0.368 e. The number of rotatable bonds is 10. The molecule has 0 saturated heterocycles. The van der Waals surface area contributed by atoms with E-state index in [9.17, 15) is 0 Å². The summed E-state index contributed by atoms with van der Waals surface area (Å²) in [5.74, 6) is 0.831. The molecule has 0 atom stereocenters. The van der Waals surface area contributed by atoms with Crippen LogP contribution in [-0.4, -0.2) is 41.0 Å². The minimum absolute atomic E-state index is 0.677. The van der Waals surface area contributed by atoms with E-state index in [1.54, 1.807) is 22.7 Å². The molecule has 0 saturated carbocycles. The third kappa shape index (κ3) is 5.44. The molecule has 0 radical (unpaired) electrons. The summed E-state index contributed by atoms with van der Waals surface area (Å²) in [4.78, 5) is 16.0. The second kappa shape index (κ2) is 10.6. The summed E-state index contributed by atoms with van der Waals surface area (Å²) in [7, 11) is 0. The third-order valence-electron chi connectivity index (χ3n) is 5.32. The zero-order valence-electron chi connectivity index (χ0n) is 17.9. The highest BCUT2D eigenvalue weighted by Crippen LogP contribution is 2.38. The van der Waals surface area contributed by atoms with Crippen molar-refractivity contribution in [3.05, 3.63) is 52.9 Å². The average Bonchev–Trinajstić information content (AvgIpc) is 3.47. The lowest BCUT2D eigenvalue weighted by Gasteiger charge is -2.17. The molecule has 1 aromatic carbocycles. The molecule has 0 amide bonds. The summed E-state index contributed by atoms with van der Waals surface area (Å²) in [6.45, 7) is 8.66. The first-order valence-electron chi connectivity index (χ1n) is 10.8. The SMILES string of the molecule is CCN(CC)CCCCNc1nc2cc(Cl)ccc2nc1-c1ccc(-c2cccs2)s1. The van der Waals surface area contributed by atoms with Gasteiger partial charge in [0.1, 0.15) is 5.69 Å². The van der Waals surface area contributed by atoms with E-state index in [0.29, 0.717) is 5.02 Å². The first kappa shape index (κ1) is 22.2. The number of nitrogens with one attached hydrogen (secondary N) is 1. The molecule has 3 heterocycles. The van der Waals surface area contributed by atoms with E-state index >= 15 is 0 Å². The van der Waals surface area contributed by atoms with Crippen molar-refractivity contribution < 1.29 is 0 Å². The van der Waals surface area contributed by atoms with Gasteiger partial charge >= 0.3 is 0 Å². The highest BCUT2D eigenvalue weighted by Gasteiger charge is 2.14. The van der Waals surface area contributed by atoms with Gasteiger partial charge in [-0.15, -0.1) is 22.7 Å². The quantitative estimate of drug-likeness (QED) is 0.247. The number of halogens is 1. The molecule has 162 valence electrons. The lowest BCUT2D eigenvalue weighted by Crippen LogP contribution is -2.24. The topological polar surface area (TPSA) is 41.0 Å². The van der Waals surface area contributed by atoms with Crippen LogP contribution in [0, 0.1) is 0 Å². The van der Waals surface area contributed by atoms with E-state index in [0.717, 1.165) is 60.0 Å². The van der Waals surface area contributed by atoms with Gasteiger partial charge in [-0.3, -0.25) is 0 Å². The van der Waals surface area contributed by atoms with E-state index < -0.39 is 0 Å². The molecule has 0 aliphatic carbocycles. The maximum absolute atomic E-state index is 6.20. The normalized spacial score (nSPS) is 11.5. The second-order valence-corrected chi connectivity index (χ2v) is 9.82. The van der Waals surface area contributed by atoms with E-state index in [-0.39, 0.29) is 0 Å². The highest BCUT2D eigenvalue weighted by molar-refractivity contribution is 7.23. The van der Waals surface area contributed by atoms with Crippen molar-refractivity contribution >= 4 is 51.1 Å². The molecule has 31 heavy (non-hydrogen) atoms. The van der Waals surface area contributed by atoms with Crippen molar-refractivity contribution in [2.45, 2.75) is 26.7 Å². The van der Waals surface area contributed by atoms with Crippen LogP contribution in [0.4, 0.5) is 5.82 Å². The number of benzene rings is 1. The Morgan fingerprint density at radius 1 is 0.935 bits per heavy atom. The smallest absolute Gasteiger partial charge is 0.154 e. The Bertz CT molecular complexity index is 1120. The van der Waals surface area contributed by atoms with E-state index in [2.05, 4.69) is 53.7 Å². The van der Waals surface area contributed by atoms with E-state index in [1.807, 2.05) is 18.2 Å². The zero-order valence-corrected chi connectivity index (χ0v) is 20.3. The maximum atomic E-state index is 6.20. The van der Waals surface area contributed by atoms with Crippen molar-refractivity contribution in [3.63, 3.8) is 0 Å². The Morgan fingerprint density at radius 2 is 1.77 bits per heavy atom. The summed E-state index contributed by atoms with van der Waals surface area (Å²) in [5, 5.41) is 6.34. The Hall–Kier alpha value is -1.99. The summed E-state index contributed by atoms with van der Waals surface area (Å²) in [6, 6.07) is 14.3. The van der Waals surface area contributed by atoms with Gasteiger partial charge in [-0.2, -0.15) is 0 Å². The summed E-state index contributed by atoms with van der Waals surface area (Å²) >= 11 is 9.72. The minimum Gasteiger partial charge on any atom is -0.368 e. The lowest BCUT2D eigenvalue weighted by atomic mass is 10.2. The molecule has 0 bridgehead atoms. The van der Waals surface area contributed by atoms with Crippen LogP contribution in [0.2, 0.25) is 5.02 Å². The molecule has 0 unspecified atom stereocenters. The van der Waals surface area contributed by atoms with Crippen molar-refractivity contribution in [2.24, 2.45) is 0 Å². The standard InChI is InChI=1S/C24H27ClN4S2/c1-3-29(4-2)14-6-5-13-26-24-23(27-18-10-9-17(25)16-19(18)28-24)22-12-11-21(31-22)20-8-7-15-30-20/h7-12,15-16H,3-6,13-14H2,1-2H3,(H,26,28). The van der Waals surface area contributed by atoms with Crippen LogP contribution in [-0.2, 0) is 0 Å².